The van der Waals surface area contributed by atoms with E-state index < -0.39 is 0 Å². The van der Waals surface area contributed by atoms with Crippen molar-refractivity contribution in [3.63, 3.8) is 0 Å². The molecule has 0 bridgehead atoms. The maximum Gasteiger partial charge on any atom is 0.237 e. The number of amides is 1. The zero-order valence-corrected chi connectivity index (χ0v) is 14.3. The Labute approximate surface area is 142 Å². The van der Waals surface area contributed by atoms with E-state index in [0.29, 0.717) is 18.0 Å². The summed E-state index contributed by atoms with van der Waals surface area (Å²) in [5.41, 5.74) is 0. The van der Waals surface area contributed by atoms with Gasteiger partial charge in [-0.3, -0.25) is 9.69 Å². The lowest BCUT2D eigenvalue weighted by atomic mass is 10.0. The number of hydrogen-bond donors (Lipinski definition) is 2. The first-order valence-electron chi connectivity index (χ1n) is 9.28. The van der Waals surface area contributed by atoms with Crippen LogP contribution in [0, 0.1) is 0 Å². The van der Waals surface area contributed by atoms with Crippen LogP contribution < -0.4 is 10.6 Å². The molecule has 2 aliphatic carbocycles. The Bertz CT molecular complexity index is 581. The highest BCUT2D eigenvalue weighted by Crippen LogP contribution is 2.38. The van der Waals surface area contributed by atoms with E-state index in [1.165, 1.54) is 12.8 Å². The molecule has 0 spiro atoms. The molecule has 3 aliphatic rings. The Balaban J connectivity index is 1.25. The number of rotatable bonds is 7. The summed E-state index contributed by atoms with van der Waals surface area (Å²) in [5.74, 6) is 2.23. The van der Waals surface area contributed by atoms with Crippen LogP contribution in [0.2, 0.25) is 0 Å². The Morgan fingerprint density at radius 1 is 1.29 bits per heavy atom. The van der Waals surface area contributed by atoms with E-state index >= 15 is 0 Å². The number of carbonyl (C=O) groups excluding carboxylic acids is 1. The van der Waals surface area contributed by atoms with Crippen molar-refractivity contribution in [1.29, 1.82) is 0 Å². The molecule has 7 nitrogen and oxygen atoms in total. The molecule has 2 heterocycles. The van der Waals surface area contributed by atoms with E-state index in [4.69, 9.17) is 4.52 Å². The van der Waals surface area contributed by atoms with Gasteiger partial charge in [0.05, 0.1) is 12.6 Å². The fraction of sp³-hybridized carbons (Fsp3) is 0.824. The zero-order valence-electron chi connectivity index (χ0n) is 14.3. The third-order valence-corrected chi connectivity index (χ3v) is 5.08. The van der Waals surface area contributed by atoms with Crippen LogP contribution in [-0.4, -0.2) is 52.2 Å². The second-order valence-corrected chi connectivity index (χ2v) is 7.57. The van der Waals surface area contributed by atoms with E-state index in [1.54, 1.807) is 0 Å². The van der Waals surface area contributed by atoms with Crippen molar-refractivity contribution in [1.82, 2.24) is 25.7 Å². The van der Waals surface area contributed by atoms with Crippen LogP contribution >= 0.6 is 0 Å². The molecule has 2 atom stereocenters. The molecule has 1 saturated heterocycles. The zero-order chi connectivity index (χ0) is 16.5. The molecule has 1 aliphatic heterocycles. The number of piperidine rings is 1. The summed E-state index contributed by atoms with van der Waals surface area (Å²) in [7, 11) is 0. The van der Waals surface area contributed by atoms with Gasteiger partial charge in [0.15, 0.2) is 5.82 Å². The lowest BCUT2D eigenvalue weighted by molar-refractivity contribution is -0.123. The van der Waals surface area contributed by atoms with Gasteiger partial charge in [0.2, 0.25) is 11.8 Å². The molecule has 132 valence electrons. The van der Waals surface area contributed by atoms with Crippen molar-refractivity contribution >= 4 is 5.91 Å². The standard InChI is InChI=1S/C17H27N5O2/c1-11(16(23)19-13-6-7-13)18-14-3-2-8-22(9-14)10-15-20-17(24-21-15)12-4-5-12/h11-14,18H,2-10H2,1H3,(H,19,23)/t11-,14-/m1/s1. The maximum absolute atomic E-state index is 12.1. The number of likely N-dealkylation sites (tertiary alicyclic amines) is 1. The number of nitrogens with zero attached hydrogens (tertiary/aromatic N) is 3. The first kappa shape index (κ1) is 16.0. The monoisotopic (exact) mass is 333 g/mol. The third-order valence-electron chi connectivity index (χ3n) is 5.08. The minimum Gasteiger partial charge on any atom is -0.352 e. The number of carbonyl (C=O) groups is 1. The Hall–Kier alpha value is -1.47. The first-order chi connectivity index (χ1) is 11.7. The first-order valence-corrected chi connectivity index (χ1v) is 9.28. The minimum atomic E-state index is -0.137. The molecule has 4 rings (SSSR count). The largest absolute Gasteiger partial charge is 0.352 e. The SMILES string of the molecule is C[C@@H](N[C@@H]1CCCN(Cc2noc(C3CC3)n2)C1)C(=O)NC1CC1. The van der Waals surface area contributed by atoms with Gasteiger partial charge < -0.3 is 15.2 Å². The molecule has 1 aromatic heterocycles. The van der Waals surface area contributed by atoms with Crippen molar-refractivity contribution in [3.8, 4) is 0 Å². The molecule has 2 N–H and O–H groups in total. The summed E-state index contributed by atoms with van der Waals surface area (Å²) in [6.07, 6.45) is 6.85. The van der Waals surface area contributed by atoms with Gasteiger partial charge in [0, 0.05) is 24.5 Å². The molecular weight excluding hydrogens is 306 g/mol. The van der Waals surface area contributed by atoms with Crippen LogP contribution in [-0.2, 0) is 11.3 Å². The van der Waals surface area contributed by atoms with Gasteiger partial charge in [0.25, 0.3) is 0 Å². The second-order valence-electron chi connectivity index (χ2n) is 7.57. The molecule has 24 heavy (non-hydrogen) atoms. The Morgan fingerprint density at radius 2 is 2.12 bits per heavy atom. The lowest BCUT2D eigenvalue weighted by Crippen LogP contribution is -2.52. The Kier molecular flexibility index (Phi) is 4.54. The van der Waals surface area contributed by atoms with Crippen LogP contribution in [0.3, 0.4) is 0 Å². The summed E-state index contributed by atoms with van der Waals surface area (Å²) >= 11 is 0. The average molecular weight is 333 g/mol. The second kappa shape index (κ2) is 6.80. The fourth-order valence-electron chi connectivity index (χ4n) is 3.35. The quantitative estimate of drug-likeness (QED) is 0.779. The molecule has 1 aromatic rings. The normalized spacial score (nSPS) is 26.3. The molecule has 0 aromatic carbocycles. The molecule has 7 heteroatoms. The van der Waals surface area contributed by atoms with Crippen molar-refractivity contribution in [2.45, 2.75) is 76.0 Å². The predicted molar refractivity (Wildman–Crippen MR) is 88.3 cm³/mol. The summed E-state index contributed by atoms with van der Waals surface area (Å²) < 4.78 is 5.34. The van der Waals surface area contributed by atoms with Crippen LogP contribution in [0.1, 0.15) is 63.1 Å². The van der Waals surface area contributed by atoms with E-state index in [0.717, 1.165) is 57.0 Å². The van der Waals surface area contributed by atoms with Gasteiger partial charge in [-0.2, -0.15) is 4.98 Å². The predicted octanol–water partition coefficient (Wildman–Crippen LogP) is 1.17. The number of hydrogen-bond acceptors (Lipinski definition) is 6. The van der Waals surface area contributed by atoms with Crippen molar-refractivity contribution in [2.75, 3.05) is 13.1 Å². The summed E-state index contributed by atoms with van der Waals surface area (Å²) in [4.78, 5) is 19.0. The Morgan fingerprint density at radius 3 is 2.88 bits per heavy atom. The third kappa shape index (κ3) is 4.13. The summed E-state index contributed by atoms with van der Waals surface area (Å²) in [6, 6.07) is 0.624. The molecule has 2 saturated carbocycles. The smallest absolute Gasteiger partial charge is 0.237 e. The van der Waals surface area contributed by atoms with Crippen molar-refractivity contribution in [3.05, 3.63) is 11.7 Å². The van der Waals surface area contributed by atoms with Gasteiger partial charge in [-0.05, 0) is 52.0 Å². The molecule has 3 fully saturated rings. The fourth-order valence-corrected chi connectivity index (χ4v) is 3.35. The van der Waals surface area contributed by atoms with Crippen LogP contribution in [0.25, 0.3) is 0 Å². The topological polar surface area (TPSA) is 83.3 Å². The molecule has 1 amide bonds. The van der Waals surface area contributed by atoms with E-state index in [9.17, 15) is 4.79 Å². The van der Waals surface area contributed by atoms with Gasteiger partial charge in [-0.1, -0.05) is 5.16 Å². The highest BCUT2D eigenvalue weighted by atomic mass is 16.5. The van der Waals surface area contributed by atoms with E-state index in [-0.39, 0.29) is 11.9 Å². The molecule has 0 radical (unpaired) electrons. The van der Waals surface area contributed by atoms with Gasteiger partial charge in [0.1, 0.15) is 0 Å². The number of aromatic nitrogens is 2. The lowest BCUT2D eigenvalue weighted by Gasteiger charge is -2.33. The summed E-state index contributed by atoms with van der Waals surface area (Å²) in [5, 5.41) is 10.7. The van der Waals surface area contributed by atoms with E-state index in [2.05, 4.69) is 25.7 Å². The van der Waals surface area contributed by atoms with Crippen molar-refractivity contribution in [2.24, 2.45) is 0 Å². The minimum absolute atomic E-state index is 0.127. The van der Waals surface area contributed by atoms with Crippen LogP contribution in [0.15, 0.2) is 4.52 Å². The van der Waals surface area contributed by atoms with Crippen LogP contribution in [0.4, 0.5) is 0 Å². The van der Waals surface area contributed by atoms with Crippen molar-refractivity contribution < 1.29 is 9.32 Å². The van der Waals surface area contributed by atoms with Crippen LogP contribution in [0.5, 0.6) is 0 Å². The number of nitrogens with one attached hydrogen (secondary N) is 2. The maximum atomic E-state index is 12.1. The van der Waals surface area contributed by atoms with Gasteiger partial charge in [-0.15, -0.1) is 0 Å². The van der Waals surface area contributed by atoms with Gasteiger partial charge in [-0.25, -0.2) is 0 Å². The summed E-state index contributed by atoms with van der Waals surface area (Å²) in [6.45, 7) is 4.66. The molecular formula is C17H27N5O2. The highest BCUT2D eigenvalue weighted by molar-refractivity contribution is 5.81. The van der Waals surface area contributed by atoms with Gasteiger partial charge >= 0.3 is 0 Å². The highest BCUT2D eigenvalue weighted by Gasteiger charge is 2.31. The van der Waals surface area contributed by atoms with E-state index in [1.807, 2.05) is 6.92 Å². The molecule has 0 unspecified atom stereocenters. The average Bonchev–Trinajstić information content (AvgIpc) is 3.49.